The number of fused-ring (bicyclic) bond motifs is 1. The van der Waals surface area contributed by atoms with Crippen LogP contribution in [0.1, 0.15) is 18.1 Å². The summed E-state index contributed by atoms with van der Waals surface area (Å²) in [4.78, 5) is 0. The summed E-state index contributed by atoms with van der Waals surface area (Å²) in [5, 5.41) is 3.66. The molecule has 0 saturated heterocycles. The second kappa shape index (κ2) is 2.96. The monoisotopic (exact) mass is 199 g/mol. The fourth-order valence-electron chi connectivity index (χ4n) is 1.74. The minimum absolute atomic E-state index is 0.361. The fourth-order valence-corrected chi connectivity index (χ4v) is 1.99. The molecule has 1 aromatic rings. The highest BCUT2D eigenvalue weighted by atomic mass is 35.5. The molecule has 0 aliphatic carbocycles. The summed E-state index contributed by atoms with van der Waals surface area (Å²) < 4.78 is 13.9. The maximum Gasteiger partial charge on any atom is 0.145 e. The Morgan fingerprint density at radius 2 is 2.31 bits per heavy atom. The van der Waals surface area contributed by atoms with E-state index in [4.69, 9.17) is 11.6 Å². The van der Waals surface area contributed by atoms with Crippen molar-refractivity contribution in [2.75, 3.05) is 6.54 Å². The zero-order chi connectivity index (χ0) is 9.47. The van der Waals surface area contributed by atoms with E-state index >= 15 is 0 Å². The molecule has 1 atom stereocenters. The van der Waals surface area contributed by atoms with Gasteiger partial charge >= 0.3 is 0 Å². The molecule has 0 aromatic heterocycles. The van der Waals surface area contributed by atoms with Gasteiger partial charge in [-0.3, -0.25) is 0 Å². The third-order valence-electron chi connectivity index (χ3n) is 2.44. The van der Waals surface area contributed by atoms with Crippen LogP contribution in [0.4, 0.5) is 4.39 Å². The Labute approximate surface area is 81.9 Å². The third kappa shape index (κ3) is 1.45. The van der Waals surface area contributed by atoms with Crippen LogP contribution in [-0.2, 0) is 12.2 Å². The number of nitrogens with one attached hydrogen (secondary N) is 1. The normalized spacial score (nSPS) is 27.0. The van der Waals surface area contributed by atoms with Crippen LogP contribution in [-0.4, -0.2) is 6.54 Å². The molecule has 1 nitrogen and oxygen atoms in total. The first-order valence-corrected chi connectivity index (χ1v) is 4.66. The Morgan fingerprint density at radius 1 is 1.54 bits per heavy atom. The summed E-state index contributed by atoms with van der Waals surface area (Å²) >= 11 is 5.96. The van der Waals surface area contributed by atoms with Crippen LogP contribution in [0, 0.1) is 0 Å². The largest absolute Gasteiger partial charge is 0.309 e. The quantitative estimate of drug-likeness (QED) is 0.678. The Morgan fingerprint density at radius 3 is 3.00 bits per heavy atom. The van der Waals surface area contributed by atoms with Gasteiger partial charge in [-0.1, -0.05) is 23.7 Å². The first-order chi connectivity index (χ1) is 6.11. The molecule has 0 amide bonds. The van der Waals surface area contributed by atoms with E-state index in [9.17, 15) is 4.39 Å². The molecule has 0 fully saturated rings. The van der Waals surface area contributed by atoms with Gasteiger partial charge in [0.05, 0.1) is 0 Å². The number of benzene rings is 1. The number of alkyl halides is 1. The minimum atomic E-state index is -1.29. The Balaban J connectivity index is 2.58. The highest BCUT2D eigenvalue weighted by molar-refractivity contribution is 6.31. The van der Waals surface area contributed by atoms with Crippen molar-refractivity contribution in [3.8, 4) is 0 Å². The van der Waals surface area contributed by atoms with Gasteiger partial charge in [0.25, 0.3) is 0 Å². The van der Waals surface area contributed by atoms with Gasteiger partial charge in [0.15, 0.2) is 0 Å². The van der Waals surface area contributed by atoms with E-state index in [-0.39, 0.29) is 0 Å². The van der Waals surface area contributed by atoms with Gasteiger partial charge in [-0.05, 0) is 24.1 Å². The van der Waals surface area contributed by atoms with Crippen LogP contribution in [0.15, 0.2) is 18.2 Å². The Kier molecular flexibility index (Phi) is 2.05. The number of hydrogen-bond donors (Lipinski definition) is 1. The van der Waals surface area contributed by atoms with E-state index < -0.39 is 5.67 Å². The molecular weight excluding hydrogens is 189 g/mol. The average Bonchev–Trinajstić information content (AvgIpc) is 2.06. The zero-order valence-electron chi connectivity index (χ0n) is 7.40. The SMILES string of the molecule is CC1(F)CNCc2c(Cl)cccc21. The molecule has 3 heteroatoms. The van der Waals surface area contributed by atoms with Crippen LogP contribution in [0.25, 0.3) is 0 Å². The van der Waals surface area contributed by atoms with E-state index in [2.05, 4.69) is 5.32 Å². The van der Waals surface area contributed by atoms with Gasteiger partial charge in [0.1, 0.15) is 5.67 Å². The molecule has 0 spiro atoms. The Hall–Kier alpha value is -0.600. The lowest BCUT2D eigenvalue weighted by Gasteiger charge is -2.29. The van der Waals surface area contributed by atoms with Crippen molar-refractivity contribution in [1.82, 2.24) is 5.32 Å². The maximum atomic E-state index is 13.9. The lowest BCUT2D eigenvalue weighted by molar-refractivity contribution is 0.173. The highest BCUT2D eigenvalue weighted by Gasteiger charge is 2.32. The van der Waals surface area contributed by atoms with Crippen molar-refractivity contribution in [1.29, 1.82) is 0 Å². The van der Waals surface area contributed by atoms with Crippen molar-refractivity contribution < 1.29 is 4.39 Å². The molecule has 1 aliphatic heterocycles. The third-order valence-corrected chi connectivity index (χ3v) is 2.79. The number of hydrogen-bond acceptors (Lipinski definition) is 1. The molecule has 1 heterocycles. The second-order valence-electron chi connectivity index (χ2n) is 3.57. The summed E-state index contributed by atoms with van der Waals surface area (Å²) in [5.41, 5.74) is 0.317. The first-order valence-electron chi connectivity index (χ1n) is 4.29. The first kappa shape index (κ1) is 8.97. The molecule has 1 N–H and O–H groups in total. The predicted molar refractivity (Wildman–Crippen MR) is 51.6 cm³/mol. The second-order valence-corrected chi connectivity index (χ2v) is 3.97. The van der Waals surface area contributed by atoms with Gasteiger partial charge in [0.2, 0.25) is 0 Å². The van der Waals surface area contributed by atoms with Crippen molar-refractivity contribution >= 4 is 11.6 Å². The standard InChI is InChI=1S/C10H11ClFN/c1-10(12)6-13-5-7-8(10)3-2-4-9(7)11/h2-4,13H,5-6H2,1H3. The molecule has 0 radical (unpaired) electrons. The van der Waals surface area contributed by atoms with Gasteiger partial charge in [-0.2, -0.15) is 0 Å². The molecule has 13 heavy (non-hydrogen) atoms. The van der Waals surface area contributed by atoms with Crippen LogP contribution < -0.4 is 5.32 Å². The molecule has 70 valence electrons. The lowest BCUT2D eigenvalue weighted by Crippen LogP contribution is -2.37. The molecular formula is C10H11ClFN. The lowest BCUT2D eigenvalue weighted by atomic mass is 9.90. The van der Waals surface area contributed by atoms with Gasteiger partial charge in [-0.15, -0.1) is 0 Å². The summed E-state index contributed by atoms with van der Waals surface area (Å²) in [6.07, 6.45) is 0. The number of halogens is 2. The molecule has 2 rings (SSSR count). The van der Waals surface area contributed by atoms with E-state index in [1.165, 1.54) is 0 Å². The fraction of sp³-hybridized carbons (Fsp3) is 0.400. The van der Waals surface area contributed by atoms with Gasteiger partial charge < -0.3 is 5.32 Å². The molecule has 0 bridgehead atoms. The van der Waals surface area contributed by atoms with Crippen LogP contribution >= 0.6 is 11.6 Å². The van der Waals surface area contributed by atoms with Gasteiger partial charge in [-0.25, -0.2) is 4.39 Å². The topological polar surface area (TPSA) is 12.0 Å². The molecule has 0 saturated carbocycles. The van der Waals surface area contributed by atoms with Crippen LogP contribution in [0.2, 0.25) is 5.02 Å². The average molecular weight is 200 g/mol. The number of rotatable bonds is 0. The molecule has 1 aliphatic rings. The van der Waals surface area contributed by atoms with E-state index in [0.717, 1.165) is 11.1 Å². The van der Waals surface area contributed by atoms with Crippen LogP contribution in [0.3, 0.4) is 0 Å². The summed E-state index contributed by atoms with van der Waals surface area (Å²) in [6, 6.07) is 5.40. The summed E-state index contributed by atoms with van der Waals surface area (Å²) in [5.74, 6) is 0. The van der Waals surface area contributed by atoms with E-state index in [0.29, 0.717) is 18.1 Å². The van der Waals surface area contributed by atoms with Crippen molar-refractivity contribution in [2.45, 2.75) is 19.1 Å². The maximum absolute atomic E-state index is 13.9. The smallest absolute Gasteiger partial charge is 0.145 e. The van der Waals surface area contributed by atoms with Crippen molar-refractivity contribution in [3.05, 3.63) is 34.3 Å². The molecule has 1 unspecified atom stereocenters. The summed E-state index contributed by atoms with van der Waals surface area (Å²) in [7, 11) is 0. The Bertz CT molecular complexity index is 336. The minimum Gasteiger partial charge on any atom is -0.309 e. The molecule has 1 aromatic carbocycles. The van der Waals surface area contributed by atoms with E-state index in [1.807, 2.05) is 6.07 Å². The van der Waals surface area contributed by atoms with Gasteiger partial charge in [0, 0.05) is 18.1 Å². The van der Waals surface area contributed by atoms with Crippen molar-refractivity contribution in [3.63, 3.8) is 0 Å². The van der Waals surface area contributed by atoms with Crippen LogP contribution in [0.5, 0.6) is 0 Å². The summed E-state index contributed by atoms with van der Waals surface area (Å²) in [6.45, 7) is 2.60. The van der Waals surface area contributed by atoms with E-state index in [1.54, 1.807) is 19.1 Å². The highest BCUT2D eigenvalue weighted by Crippen LogP contribution is 2.34. The zero-order valence-corrected chi connectivity index (χ0v) is 8.16. The predicted octanol–water partition coefficient (Wildman–Crippen LogP) is 2.63. The van der Waals surface area contributed by atoms with Crippen molar-refractivity contribution in [2.24, 2.45) is 0 Å².